The molecular weight excluding hydrogens is 260 g/mol. The van der Waals surface area contributed by atoms with Crippen molar-refractivity contribution in [2.75, 3.05) is 11.5 Å². The Morgan fingerprint density at radius 2 is 1.26 bits per heavy atom. The Labute approximate surface area is 121 Å². The van der Waals surface area contributed by atoms with Gasteiger partial charge in [-0.1, -0.05) is 13.8 Å². The fourth-order valence-corrected chi connectivity index (χ4v) is 2.19. The van der Waals surface area contributed by atoms with E-state index in [2.05, 4.69) is 24.5 Å². The van der Waals surface area contributed by atoms with Gasteiger partial charge in [-0.15, -0.1) is 0 Å². The molecule has 4 nitrogen and oxygen atoms in total. The Balaban J connectivity index is 3.49. The number of amides is 2. The lowest BCUT2D eigenvalue weighted by atomic mass is 10.2. The molecule has 0 spiro atoms. The van der Waals surface area contributed by atoms with Crippen molar-refractivity contribution in [3.8, 4) is 0 Å². The fourth-order valence-electron chi connectivity index (χ4n) is 1.33. The van der Waals surface area contributed by atoms with Crippen LogP contribution < -0.4 is 10.6 Å². The summed E-state index contributed by atoms with van der Waals surface area (Å²) >= 11 is 1.66. The van der Waals surface area contributed by atoms with Crippen LogP contribution in [0.2, 0.25) is 0 Å². The van der Waals surface area contributed by atoms with E-state index in [-0.39, 0.29) is 23.9 Å². The molecule has 0 saturated heterocycles. The average molecular weight is 288 g/mol. The predicted octanol–water partition coefficient (Wildman–Crippen LogP) is 2.33. The molecule has 0 unspecified atom stereocenters. The molecule has 112 valence electrons. The quantitative estimate of drug-likeness (QED) is 0.607. The molecule has 0 aromatic heterocycles. The van der Waals surface area contributed by atoms with Crippen molar-refractivity contribution in [2.45, 2.75) is 65.5 Å². The lowest BCUT2D eigenvalue weighted by molar-refractivity contribution is -0.122. The second-order valence-electron chi connectivity index (χ2n) is 4.87. The summed E-state index contributed by atoms with van der Waals surface area (Å²) in [6.45, 7) is 8.11. The first kappa shape index (κ1) is 18.3. The van der Waals surface area contributed by atoms with Crippen LogP contribution in [0, 0.1) is 0 Å². The molecule has 19 heavy (non-hydrogen) atoms. The van der Waals surface area contributed by atoms with Crippen molar-refractivity contribution in [3.63, 3.8) is 0 Å². The number of carbonyl (C=O) groups is 2. The van der Waals surface area contributed by atoms with Crippen molar-refractivity contribution in [2.24, 2.45) is 0 Å². The van der Waals surface area contributed by atoms with Crippen LogP contribution >= 0.6 is 11.8 Å². The van der Waals surface area contributed by atoms with E-state index in [0.29, 0.717) is 12.8 Å². The first-order valence-corrected chi connectivity index (χ1v) is 8.31. The molecule has 0 aromatic carbocycles. The van der Waals surface area contributed by atoms with Gasteiger partial charge in [-0.25, -0.2) is 0 Å². The topological polar surface area (TPSA) is 58.2 Å². The van der Waals surface area contributed by atoms with Crippen molar-refractivity contribution >= 4 is 23.6 Å². The van der Waals surface area contributed by atoms with E-state index < -0.39 is 0 Å². The Morgan fingerprint density at radius 3 is 1.58 bits per heavy atom. The highest BCUT2D eigenvalue weighted by Gasteiger charge is 2.07. The average Bonchev–Trinajstić information content (AvgIpc) is 2.37. The molecule has 0 heterocycles. The number of nitrogens with one attached hydrogen (secondary N) is 2. The Hall–Kier alpha value is -0.710. The summed E-state index contributed by atoms with van der Waals surface area (Å²) in [6, 6.07) is 0.498. The van der Waals surface area contributed by atoms with Gasteiger partial charge in [-0.3, -0.25) is 9.59 Å². The maximum Gasteiger partial charge on any atom is 0.221 e. The number of rotatable bonds is 10. The van der Waals surface area contributed by atoms with Crippen molar-refractivity contribution < 1.29 is 9.59 Å². The van der Waals surface area contributed by atoms with E-state index in [0.717, 1.165) is 24.3 Å². The van der Waals surface area contributed by atoms with E-state index >= 15 is 0 Å². The number of hydrogen-bond donors (Lipinski definition) is 2. The highest BCUT2D eigenvalue weighted by Crippen LogP contribution is 2.05. The van der Waals surface area contributed by atoms with Gasteiger partial charge in [-0.05, 0) is 26.7 Å². The van der Waals surface area contributed by atoms with Gasteiger partial charge in [0.2, 0.25) is 11.8 Å². The monoisotopic (exact) mass is 288 g/mol. The summed E-state index contributed by atoms with van der Waals surface area (Å²) in [7, 11) is 0. The van der Waals surface area contributed by atoms with Gasteiger partial charge in [0, 0.05) is 36.4 Å². The third-order valence-electron chi connectivity index (χ3n) is 2.99. The molecule has 0 fully saturated rings. The summed E-state index contributed by atoms with van der Waals surface area (Å²) in [6.07, 6.45) is 2.97. The SMILES string of the molecule is CC[C@@H](C)NC(=O)CCSCCC(=O)N[C@H](C)CC. The van der Waals surface area contributed by atoms with Crippen LogP contribution in [-0.2, 0) is 9.59 Å². The summed E-state index contributed by atoms with van der Waals surface area (Å²) in [5.74, 6) is 1.76. The van der Waals surface area contributed by atoms with Crippen molar-refractivity contribution in [1.29, 1.82) is 0 Å². The van der Waals surface area contributed by atoms with E-state index in [1.54, 1.807) is 11.8 Å². The van der Waals surface area contributed by atoms with Crippen LogP contribution in [0.4, 0.5) is 0 Å². The largest absolute Gasteiger partial charge is 0.354 e. The Kier molecular flexibility index (Phi) is 10.7. The highest BCUT2D eigenvalue weighted by molar-refractivity contribution is 7.99. The number of hydrogen-bond acceptors (Lipinski definition) is 3. The lowest BCUT2D eigenvalue weighted by Crippen LogP contribution is -2.32. The molecule has 5 heteroatoms. The predicted molar refractivity (Wildman–Crippen MR) is 82.4 cm³/mol. The van der Waals surface area contributed by atoms with Crippen molar-refractivity contribution in [3.05, 3.63) is 0 Å². The van der Waals surface area contributed by atoms with Crippen LogP contribution in [0.25, 0.3) is 0 Å². The molecule has 0 bridgehead atoms. The van der Waals surface area contributed by atoms with Crippen LogP contribution in [0.3, 0.4) is 0 Å². The van der Waals surface area contributed by atoms with E-state index in [4.69, 9.17) is 0 Å². The van der Waals surface area contributed by atoms with Crippen molar-refractivity contribution in [1.82, 2.24) is 10.6 Å². The Morgan fingerprint density at radius 1 is 0.895 bits per heavy atom. The maximum atomic E-state index is 11.5. The van der Waals surface area contributed by atoms with E-state index in [9.17, 15) is 9.59 Å². The highest BCUT2D eigenvalue weighted by atomic mass is 32.2. The van der Waals surface area contributed by atoms with Crippen LogP contribution in [0.15, 0.2) is 0 Å². The third kappa shape index (κ3) is 10.9. The molecule has 2 N–H and O–H groups in total. The molecule has 0 saturated carbocycles. The zero-order valence-corrected chi connectivity index (χ0v) is 13.4. The maximum absolute atomic E-state index is 11.5. The summed E-state index contributed by atoms with van der Waals surface area (Å²) < 4.78 is 0. The minimum atomic E-state index is 0.103. The zero-order chi connectivity index (χ0) is 14.7. The third-order valence-corrected chi connectivity index (χ3v) is 3.97. The molecular formula is C14H28N2O2S. The van der Waals surface area contributed by atoms with Gasteiger partial charge < -0.3 is 10.6 Å². The van der Waals surface area contributed by atoms with E-state index in [1.807, 2.05) is 13.8 Å². The van der Waals surface area contributed by atoms with Gasteiger partial charge >= 0.3 is 0 Å². The molecule has 0 rings (SSSR count). The van der Waals surface area contributed by atoms with Gasteiger partial charge in [0.15, 0.2) is 0 Å². The van der Waals surface area contributed by atoms with Gasteiger partial charge in [0.05, 0.1) is 0 Å². The molecule has 0 aliphatic heterocycles. The summed E-state index contributed by atoms with van der Waals surface area (Å²) in [5.41, 5.74) is 0. The first-order chi connectivity index (χ1) is 8.99. The van der Waals surface area contributed by atoms with Crippen LogP contribution in [0.5, 0.6) is 0 Å². The first-order valence-electron chi connectivity index (χ1n) is 7.16. The summed E-state index contributed by atoms with van der Waals surface area (Å²) in [4.78, 5) is 23.0. The summed E-state index contributed by atoms with van der Waals surface area (Å²) in [5, 5.41) is 5.86. The van der Waals surface area contributed by atoms with Gasteiger partial charge in [0.25, 0.3) is 0 Å². The second kappa shape index (κ2) is 11.1. The normalized spacial score (nSPS) is 13.7. The second-order valence-corrected chi connectivity index (χ2v) is 6.09. The molecule has 0 radical (unpaired) electrons. The lowest BCUT2D eigenvalue weighted by Gasteiger charge is -2.12. The molecule has 0 aliphatic carbocycles. The molecule has 0 aromatic rings. The molecule has 0 aliphatic rings. The standard InChI is InChI=1S/C14H28N2O2S/c1-5-11(3)15-13(17)7-9-19-10-8-14(18)16-12(4)6-2/h11-12H,5-10H2,1-4H3,(H,15,17)(H,16,18)/t11-,12-/m1/s1. The number of carbonyl (C=O) groups excluding carboxylic acids is 2. The van der Waals surface area contributed by atoms with Crippen LogP contribution in [-0.4, -0.2) is 35.4 Å². The smallest absolute Gasteiger partial charge is 0.221 e. The molecule has 2 atom stereocenters. The minimum Gasteiger partial charge on any atom is -0.354 e. The minimum absolute atomic E-state index is 0.103. The molecule has 2 amide bonds. The van der Waals surface area contributed by atoms with Gasteiger partial charge in [-0.2, -0.15) is 11.8 Å². The number of thioether (sulfide) groups is 1. The fraction of sp³-hybridized carbons (Fsp3) is 0.857. The Bertz CT molecular complexity index is 246. The zero-order valence-electron chi connectivity index (χ0n) is 12.6. The van der Waals surface area contributed by atoms with Gasteiger partial charge in [0.1, 0.15) is 0 Å². The van der Waals surface area contributed by atoms with E-state index in [1.165, 1.54) is 0 Å². The van der Waals surface area contributed by atoms with Crippen LogP contribution in [0.1, 0.15) is 53.4 Å².